The molecule has 168 valence electrons. The minimum absolute atomic E-state index is 0.000151. The molecule has 6 nitrogen and oxygen atoms in total. The van der Waals surface area contributed by atoms with Crippen LogP contribution < -0.4 is 20.1 Å². The van der Waals surface area contributed by atoms with Crippen molar-refractivity contribution in [2.75, 3.05) is 22.5 Å². The zero-order valence-electron chi connectivity index (χ0n) is 16.6. The Labute approximate surface area is 188 Å². The quantitative estimate of drug-likeness (QED) is 0.414. The number of alkyl halides is 3. The molecular weight excluding hydrogens is 463 g/mol. The fourth-order valence-electron chi connectivity index (χ4n) is 2.71. The van der Waals surface area contributed by atoms with Crippen molar-refractivity contribution >= 4 is 44.4 Å². The zero-order chi connectivity index (χ0) is 23.4. The van der Waals surface area contributed by atoms with Crippen molar-refractivity contribution in [1.29, 1.82) is 0 Å². The highest BCUT2D eigenvalue weighted by Gasteiger charge is 2.33. The first-order chi connectivity index (χ1) is 15.1. The van der Waals surface area contributed by atoms with Crippen LogP contribution in [0.25, 0.3) is 0 Å². The number of methoxy groups -OCH3 is 1. The molecule has 3 aromatic carbocycles. The number of halogens is 3. The Morgan fingerprint density at radius 2 is 1.47 bits per heavy atom. The molecule has 0 heterocycles. The van der Waals surface area contributed by atoms with Crippen LogP contribution in [0.3, 0.4) is 0 Å². The molecule has 0 fully saturated rings. The van der Waals surface area contributed by atoms with Gasteiger partial charge in [0, 0.05) is 11.4 Å². The summed E-state index contributed by atoms with van der Waals surface area (Å²) < 4.78 is 71.9. The third kappa shape index (κ3) is 5.89. The Morgan fingerprint density at radius 3 is 2.06 bits per heavy atom. The van der Waals surface area contributed by atoms with Gasteiger partial charge in [-0.2, -0.15) is 13.2 Å². The average molecular weight is 482 g/mol. The van der Waals surface area contributed by atoms with Crippen molar-refractivity contribution in [3.63, 3.8) is 0 Å². The van der Waals surface area contributed by atoms with Crippen LogP contribution in [-0.4, -0.2) is 20.6 Å². The summed E-state index contributed by atoms with van der Waals surface area (Å²) in [6, 6.07) is 16.9. The number of anilines is 3. The van der Waals surface area contributed by atoms with E-state index >= 15 is 0 Å². The molecule has 0 saturated carbocycles. The van der Waals surface area contributed by atoms with Crippen LogP contribution >= 0.6 is 12.2 Å². The molecule has 3 N–H and O–H groups in total. The zero-order valence-corrected chi connectivity index (χ0v) is 18.2. The summed E-state index contributed by atoms with van der Waals surface area (Å²) in [7, 11) is -2.34. The van der Waals surface area contributed by atoms with Crippen LogP contribution in [0.5, 0.6) is 5.75 Å². The lowest BCUT2D eigenvalue weighted by molar-refractivity contribution is -0.136. The van der Waals surface area contributed by atoms with Crippen molar-refractivity contribution in [3.8, 4) is 5.75 Å². The topological polar surface area (TPSA) is 79.5 Å². The van der Waals surface area contributed by atoms with E-state index in [4.69, 9.17) is 17.0 Å². The van der Waals surface area contributed by atoms with Gasteiger partial charge in [0.1, 0.15) is 5.75 Å². The van der Waals surface area contributed by atoms with Crippen LogP contribution in [0.1, 0.15) is 5.56 Å². The molecule has 11 heteroatoms. The molecule has 0 saturated heterocycles. The first-order valence-corrected chi connectivity index (χ1v) is 11.0. The highest BCUT2D eigenvalue weighted by Crippen LogP contribution is 2.34. The molecule has 0 bridgehead atoms. The van der Waals surface area contributed by atoms with Gasteiger partial charge in [-0.1, -0.05) is 12.1 Å². The highest BCUT2D eigenvalue weighted by molar-refractivity contribution is 7.92. The normalized spacial score (nSPS) is 11.5. The van der Waals surface area contributed by atoms with Crippen molar-refractivity contribution in [1.82, 2.24) is 0 Å². The summed E-state index contributed by atoms with van der Waals surface area (Å²) in [4.78, 5) is 0.000151. The first-order valence-electron chi connectivity index (χ1n) is 9.10. The Balaban J connectivity index is 1.67. The molecule has 32 heavy (non-hydrogen) atoms. The van der Waals surface area contributed by atoms with Gasteiger partial charge in [0.15, 0.2) is 5.11 Å². The van der Waals surface area contributed by atoms with Crippen molar-refractivity contribution in [2.45, 2.75) is 11.1 Å². The second kappa shape index (κ2) is 9.45. The largest absolute Gasteiger partial charge is 0.497 e. The molecule has 0 spiro atoms. The Morgan fingerprint density at radius 1 is 0.875 bits per heavy atom. The molecule has 3 aromatic rings. The lowest BCUT2D eigenvalue weighted by atomic mass is 10.1. The standard InChI is InChI=1S/C21H18F3N3O3S2/c1-30-16-10-6-15(7-11-16)27-32(28,29)17-12-8-14(9-13-17)25-20(31)26-19-5-3-2-4-18(19)21(22,23)24/h2-13,27H,1H3,(H2,25,26,31). The highest BCUT2D eigenvalue weighted by atomic mass is 32.2. The molecule has 0 radical (unpaired) electrons. The summed E-state index contributed by atoms with van der Waals surface area (Å²) in [5.74, 6) is 0.589. The maximum atomic E-state index is 13.1. The Hall–Kier alpha value is -3.31. The monoisotopic (exact) mass is 481 g/mol. The predicted molar refractivity (Wildman–Crippen MR) is 122 cm³/mol. The molecular formula is C21H18F3N3O3S2. The maximum Gasteiger partial charge on any atom is 0.418 e. The molecule has 3 rings (SSSR count). The van der Waals surface area contributed by atoms with Gasteiger partial charge in [-0.05, 0) is 72.9 Å². The van der Waals surface area contributed by atoms with Gasteiger partial charge in [0.05, 0.1) is 23.3 Å². The third-order valence-electron chi connectivity index (χ3n) is 4.25. The van der Waals surface area contributed by atoms with Crippen LogP contribution in [0.2, 0.25) is 0 Å². The predicted octanol–water partition coefficient (Wildman–Crippen LogP) is 5.32. The van der Waals surface area contributed by atoms with E-state index in [2.05, 4.69) is 15.4 Å². The second-order valence-electron chi connectivity index (χ2n) is 6.48. The molecule has 0 aromatic heterocycles. The SMILES string of the molecule is COc1ccc(NS(=O)(=O)c2ccc(NC(=S)Nc3ccccc3C(F)(F)F)cc2)cc1. The maximum absolute atomic E-state index is 13.1. The van der Waals surface area contributed by atoms with Crippen LogP contribution in [0.4, 0.5) is 30.2 Å². The Kier molecular flexibility index (Phi) is 6.90. The minimum Gasteiger partial charge on any atom is -0.497 e. The second-order valence-corrected chi connectivity index (χ2v) is 8.57. The fourth-order valence-corrected chi connectivity index (χ4v) is 4.00. The number of hydrogen-bond donors (Lipinski definition) is 3. The first kappa shape index (κ1) is 23.4. The molecule has 0 unspecified atom stereocenters. The number of benzene rings is 3. The van der Waals surface area contributed by atoms with E-state index < -0.39 is 21.8 Å². The summed E-state index contributed by atoms with van der Waals surface area (Å²) in [5.41, 5.74) is -0.285. The minimum atomic E-state index is -4.54. The van der Waals surface area contributed by atoms with E-state index in [1.54, 1.807) is 24.3 Å². The molecule has 0 aliphatic carbocycles. The molecule has 0 aliphatic heterocycles. The number of sulfonamides is 1. The summed E-state index contributed by atoms with van der Waals surface area (Å²) >= 11 is 5.08. The van der Waals surface area contributed by atoms with E-state index in [0.29, 0.717) is 17.1 Å². The lowest BCUT2D eigenvalue weighted by Gasteiger charge is -2.16. The summed E-state index contributed by atoms with van der Waals surface area (Å²) in [6.07, 6.45) is -4.54. The number of ether oxygens (including phenoxy) is 1. The molecule has 0 aliphatic rings. The van der Waals surface area contributed by atoms with Crippen molar-refractivity contribution in [3.05, 3.63) is 78.4 Å². The van der Waals surface area contributed by atoms with Gasteiger partial charge in [0.2, 0.25) is 0 Å². The number of hydrogen-bond acceptors (Lipinski definition) is 4. The van der Waals surface area contributed by atoms with E-state index in [1.165, 1.54) is 49.6 Å². The van der Waals surface area contributed by atoms with Gasteiger partial charge in [-0.25, -0.2) is 8.42 Å². The lowest BCUT2D eigenvalue weighted by Crippen LogP contribution is -2.21. The summed E-state index contributed by atoms with van der Waals surface area (Å²) in [6.45, 7) is 0. The van der Waals surface area contributed by atoms with Crippen molar-refractivity contribution in [2.24, 2.45) is 0 Å². The third-order valence-corrected chi connectivity index (χ3v) is 5.85. The average Bonchev–Trinajstić information content (AvgIpc) is 2.74. The summed E-state index contributed by atoms with van der Waals surface area (Å²) in [5, 5.41) is 5.17. The van der Waals surface area contributed by atoms with Gasteiger partial charge < -0.3 is 15.4 Å². The number of para-hydroxylation sites is 1. The van der Waals surface area contributed by atoms with E-state index in [1.807, 2.05) is 0 Å². The van der Waals surface area contributed by atoms with E-state index in [-0.39, 0.29) is 15.7 Å². The van der Waals surface area contributed by atoms with Gasteiger partial charge in [-0.15, -0.1) is 0 Å². The van der Waals surface area contributed by atoms with Crippen LogP contribution in [0.15, 0.2) is 77.7 Å². The number of thiocarbonyl (C=S) groups is 1. The smallest absolute Gasteiger partial charge is 0.418 e. The van der Waals surface area contributed by atoms with Crippen molar-refractivity contribution < 1.29 is 26.3 Å². The van der Waals surface area contributed by atoms with Gasteiger partial charge >= 0.3 is 6.18 Å². The number of rotatable bonds is 6. The Bertz CT molecular complexity index is 1200. The molecule has 0 amide bonds. The molecule has 0 atom stereocenters. The van der Waals surface area contributed by atoms with E-state index in [9.17, 15) is 21.6 Å². The fraction of sp³-hybridized carbons (Fsp3) is 0.0952. The number of nitrogens with one attached hydrogen (secondary N) is 3. The van der Waals surface area contributed by atoms with Gasteiger partial charge in [-0.3, -0.25) is 4.72 Å². The van der Waals surface area contributed by atoms with E-state index in [0.717, 1.165) is 6.07 Å². The van der Waals surface area contributed by atoms with Gasteiger partial charge in [0.25, 0.3) is 10.0 Å². The van der Waals surface area contributed by atoms with Crippen LogP contribution in [-0.2, 0) is 16.2 Å². The van der Waals surface area contributed by atoms with Crippen LogP contribution in [0, 0.1) is 0 Å².